The molecule has 1 fully saturated rings. The highest BCUT2D eigenvalue weighted by Crippen LogP contribution is 2.50. The van der Waals surface area contributed by atoms with Crippen LogP contribution in [0, 0.1) is 10.5 Å². The number of para-hydroxylation sites is 2. The maximum absolute atomic E-state index is 13.6. The van der Waals surface area contributed by atoms with Crippen molar-refractivity contribution in [3.8, 4) is 0 Å². The first kappa shape index (κ1) is 19.8. The van der Waals surface area contributed by atoms with Gasteiger partial charge in [-0.25, -0.2) is 8.42 Å². The molecular weight excluding hydrogens is 509 g/mol. The summed E-state index contributed by atoms with van der Waals surface area (Å²) in [7, 11) is -3.64. The number of benzene rings is 3. The molecule has 3 aromatic carbocycles. The fourth-order valence-corrected chi connectivity index (χ4v) is 6.64. The van der Waals surface area contributed by atoms with Gasteiger partial charge in [-0.2, -0.15) is 4.31 Å². The SMILES string of the molecule is Cc1ccc(S(=O)(=O)N2CC[C@]3(Nc4ccccc4I)c4ccccc4N[C@H]23)cc1. The lowest BCUT2D eigenvalue weighted by Gasteiger charge is -2.34. The number of fused-ring (bicyclic) bond motifs is 3. The summed E-state index contributed by atoms with van der Waals surface area (Å²) in [6, 6.07) is 23.3. The van der Waals surface area contributed by atoms with Gasteiger partial charge in [0, 0.05) is 27.1 Å². The van der Waals surface area contributed by atoms with Crippen molar-refractivity contribution in [2.24, 2.45) is 0 Å². The van der Waals surface area contributed by atoms with Crippen LogP contribution < -0.4 is 10.6 Å². The zero-order valence-corrected chi connectivity index (χ0v) is 19.4. The van der Waals surface area contributed by atoms with Gasteiger partial charge in [0.05, 0.1) is 4.90 Å². The van der Waals surface area contributed by atoms with Crippen LogP contribution in [0.5, 0.6) is 0 Å². The van der Waals surface area contributed by atoms with Gasteiger partial charge in [-0.1, -0.05) is 48.0 Å². The molecule has 5 rings (SSSR count). The Balaban J connectivity index is 1.60. The molecule has 0 saturated carbocycles. The number of sulfonamides is 1. The van der Waals surface area contributed by atoms with Crippen molar-refractivity contribution < 1.29 is 8.42 Å². The molecule has 5 nitrogen and oxygen atoms in total. The van der Waals surface area contributed by atoms with Crippen molar-refractivity contribution in [2.45, 2.75) is 29.9 Å². The van der Waals surface area contributed by atoms with Crippen LogP contribution in [0.3, 0.4) is 0 Å². The first-order valence-corrected chi connectivity index (χ1v) is 12.4. The number of halogens is 1. The number of nitrogens with zero attached hydrogens (tertiary/aromatic N) is 1. The summed E-state index contributed by atoms with van der Waals surface area (Å²) in [4.78, 5) is 0.330. The fraction of sp³-hybridized carbons (Fsp3) is 0.217. The second-order valence-electron chi connectivity index (χ2n) is 7.85. The third-order valence-corrected chi connectivity index (χ3v) is 8.86. The van der Waals surface area contributed by atoms with Crippen LogP contribution in [0.25, 0.3) is 0 Å². The van der Waals surface area contributed by atoms with Gasteiger partial charge in [0.25, 0.3) is 0 Å². The minimum absolute atomic E-state index is 0.330. The molecular formula is C23H22IN3O2S. The van der Waals surface area contributed by atoms with Crippen LogP contribution in [-0.4, -0.2) is 25.4 Å². The van der Waals surface area contributed by atoms with E-state index in [0.29, 0.717) is 17.9 Å². The average Bonchev–Trinajstić information content (AvgIpc) is 3.24. The lowest BCUT2D eigenvalue weighted by molar-refractivity contribution is 0.367. The molecule has 2 heterocycles. The molecule has 0 spiro atoms. The minimum Gasteiger partial charge on any atom is -0.371 e. The van der Waals surface area contributed by atoms with Gasteiger partial charge in [-0.15, -0.1) is 0 Å². The summed E-state index contributed by atoms with van der Waals surface area (Å²) < 4.78 is 29.8. The van der Waals surface area contributed by atoms with Gasteiger partial charge in [0.1, 0.15) is 11.7 Å². The first-order valence-electron chi connectivity index (χ1n) is 9.89. The molecule has 0 aliphatic carbocycles. The lowest BCUT2D eigenvalue weighted by Crippen LogP contribution is -2.49. The largest absolute Gasteiger partial charge is 0.371 e. The summed E-state index contributed by atoms with van der Waals surface area (Å²) in [5.41, 5.74) is 3.60. The minimum atomic E-state index is -3.64. The Morgan fingerprint density at radius 2 is 1.73 bits per heavy atom. The molecule has 30 heavy (non-hydrogen) atoms. The third kappa shape index (κ3) is 3.02. The van der Waals surface area contributed by atoms with E-state index in [-0.39, 0.29) is 0 Å². The third-order valence-electron chi connectivity index (χ3n) is 6.04. The van der Waals surface area contributed by atoms with Crippen molar-refractivity contribution in [1.82, 2.24) is 4.31 Å². The molecule has 154 valence electrons. The predicted octanol–water partition coefficient (Wildman–Crippen LogP) is 4.75. The molecule has 2 atom stereocenters. The van der Waals surface area contributed by atoms with Gasteiger partial charge in [0.2, 0.25) is 10.0 Å². The zero-order chi connectivity index (χ0) is 20.9. The fourth-order valence-electron chi connectivity index (χ4n) is 4.53. The van der Waals surface area contributed by atoms with Crippen molar-refractivity contribution in [3.05, 3.63) is 87.5 Å². The van der Waals surface area contributed by atoms with Crippen molar-refractivity contribution >= 4 is 44.0 Å². The van der Waals surface area contributed by atoms with Crippen molar-refractivity contribution in [1.29, 1.82) is 0 Å². The van der Waals surface area contributed by atoms with E-state index >= 15 is 0 Å². The average molecular weight is 531 g/mol. The summed E-state index contributed by atoms with van der Waals surface area (Å²) in [5, 5.41) is 7.22. The van der Waals surface area contributed by atoms with E-state index in [1.165, 1.54) is 0 Å². The first-order chi connectivity index (χ1) is 14.4. The Kier molecular flexibility index (Phi) is 4.79. The topological polar surface area (TPSA) is 61.4 Å². The van der Waals surface area contributed by atoms with Gasteiger partial charge in [-0.3, -0.25) is 0 Å². The number of hydrogen-bond acceptors (Lipinski definition) is 4. The number of anilines is 2. The van der Waals surface area contributed by atoms with Gasteiger partial charge >= 0.3 is 0 Å². The van der Waals surface area contributed by atoms with Crippen molar-refractivity contribution in [2.75, 3.05) is 17.2 Å². The number of nitrogens with one attached hydrogen (secondary N) is 2. The van der Waals surface area contributed by atoms with Crippen molar-refractivity contribution in [3.63, 3.8) is 0 Å². The number of hydrogen-bond donors (Lipinski definition) is 2. The molecule has 0 radical (unpaired) electrons. The molecule has 0 bridgehead atoms. The monoisotopic (exact) mass is 531 g/mol. The second kappa shape index (κ2) is 7.25. The molecule has 0 unspecified atom stereocenters. The van der Waals surface area contributed by atoms with Crippen LogP contribution in [0.1, 0.15) is 17.5 Å². The zero-order valence-electron chi connectivity index (χ0n) is 16.5. The Bertz CT molecular complexity index is 1210. The van der Waals surface area contributed by atoms with Crippen LogP contribution in [-0.2, 0) is 15.6 Å². The van der Waals surface area contributed by atoms with E-state index in [1.807, 2.05) is 55.5 Å². The maximum atomic E-state index is 13.6. The molecule has 2 aliphatic rings. The molecule has 7 heteroatoms. The Labute approximate surface area is 190 Å². The normalized spacial score (nSPS) is 22.9. The predicted molar refractivity (Wildman–Crippen MR) is 128 cm³/mol. The molecule has 2 N–H and O–H groups in total. The summed E-state index contributed by atoms with van der Waals surface area (Å²) >= 11 is 2.32. The Morgan fingerprint density at radius 1 is 1.03 bits per heavy atom. The molecule has 1 saturated heterocycles. The Hall–Kier alpha value is -2.10. The lowest BCUT2D eigenvalue weighted by atomic mass is 9.88. The van der Waals surface area contributed by atoms with E-state index in [1.54, 1.807) is 16.4 Å². The summed E-state index contributed by atoms with van der Waals surface area (Å²) in [6.45, 7) is 2.40. The van der Waals surface area contributed by atoms with E-state index in [2.05, 4.69) is 45.4 Å². The Morgan fingerprint density at radius 3 is 2.50 bits per heavy atom. The number of aryl methyl sites for hydroxylation is 1. The standard InChI is InChI=1S/C23H22IN3O2S/c1-16-10-12-17(13-11-16)30(28,29)27-15-14-23(26-21-9-5-3-7-19(21)24)18-6-2-4-8-20(18)25-22(23)27/h2-13,22,25-26H,14-15H2,1H3/t22-,23+/m1/s1. The molecule has 0 amide bonds. The highest BCUT2D eigenvalue weighted by molar-refractivity contribution is 14.1. The quantitative estimate of drug-likeness (QED) is 0.477. The van der Waals surface area contributed by atoms with Crippen LogP contribution in [0.15, 0.2) is 77.7 Å². The summed E-state index contributed by atoms with van der Waals surface area (Å²) in [5.74, 6) is 0. The van der Waals surface area contributed by atoms with E-state index in [0.717, 1.165) is 26.1 Å². The van der Waals surface area contributed by atoms with E-state index in [4.69, 9.17) is 0 Å². The number of rotatable bonds is 4. The van der Waals surface area contributed by atoms with E-state index < -0.39 is 21.7 Å². The second-order valence-corrected chi connectivity index (χ2v) is 10.9. The molecule has 2 aliphatic heterocycles. The van der Waals surface area contributed by atoms with Gasteiger partial charge in [0.15, 0.2) is 0 Å². The highest BCUT2D eigenvalue weighted by atomic mass is 127. The van der Waals surface area contributed by atoms with Gasteiger partial charge in [-0.05, 0) is 66.3 Å². The summed E-state index contributed by atoms with van der Waals surface area (Å²) in [6.07, 6.45) is 0.273. The molecule has 3 aromatic rings. The molecule has 0 aromatic heterocycles. The highest BCUT2D eigenvalue weighted by Gasteiger charge is 2.57. The van der Waals surface area contributed by atoms with Crippen LogP contribution in [0.4, 0.5) is 11.4 Å². The van der Waals surface area contributed by atoms with Gasteiger partial charge < -0.3 is 10.6 Å². The van der Waals surface area contributed by atoms with Crippen LogP contribution in [0.2, 0.25) is 0 Å². The van der Waals surface area contributed by atoms with E-state index in [9.17, 15) is 8.42 Å². The van der Waals surface area contributed by atoms with Crippen LogP contribution >= 0.6 is 22.6 Å². The maximum Gasteiger partial charge on any atom is 0.244 e. The smallest absolute Gasteiger partial charge is 0.244 e.